The minimum absolute atomic E-state index is 0.316. The van der Waals surface area contributed by atoms with Crippen LogP contribution in [0.15, 0.2) is 90.0 Å². The van der Waals surface area contributed by atoms with Crippen LogP contribution in [0.4, 0.5) is 0 Å². The molecule has 0 unspecified atom stereocenters. The zero-order chi connectivity index (χ0) is 22.5. The number of carbonyl (C=O) groups is 2. The Bertz CT molecular complexity index is 1320. The maximum Gasteiger partial charge on any atom is 0.343 e. The predicted octanol–water partition coefficient (Wildman–Crippen LogP) is 5.44. The molecule has 0 aliphatic carbocycles. The molecule has 0 spiro atoms. The van der Waals surface area contributed by atoms with E-state index in [0.29, 0.717) is 22.4 Å². The molecule has 0 bridgehead atoms. The van der Waals surface area contributed by atoms with Crippen molar-refractivity contribution in [3.8, 4) is 5.75 Å². The van der Waals surface area contributed by atoms with Crippen molar-refractivity contribution in [1.29, 1.82) is 0 Å². The number of ether oxygens (including phenoxy) is 1. The molecule has 0 aliphatic heterocycles. The Hall–Kier alpha value is -4.25. The smallest absolute Gasteiger partial charge is 0.343 e. The number of fused-ring (bicyclic) bond motifs is 1. The highest BCUT2D eigenvalue weighted by molar-refractivity contribution is 6.04. The molecule has 0 aromatic heterocycles. The molecular formula is C27H22N2O3. The highest BCUT2D eigenvalue weighted by atomic mass is 16.5. The summed E-state index contributed by atoms with van der Waals surface area (Å²) >= 11 is 0. The summed E-state index contributed by atoms with van der Waals surface area (Å²) in [6.07, 6.45) is 1.51. The van der Waals surface area contributed by atoms with Gasteiger partial charge < -0.3 is 4.74 Å². The summed E-state index contributed by atoms with van der Waals surface area (Å²) in [6, 6.07) is 25.8. The summed E-state index contributed by atoms with van der Waals surface area (Å²) in [7, 11) is 0. The molecule has 0 saturated heterocycles. The fraction of sp³-hybridized carbons (Fsp3) is 0.0741. The highest BCUT2D eigenvalue weighted by Gasteiger charge is 2.13. The molecule has 0 saturated carbocycles. The van der Waals surface area contributed by atoms with Gasteiger partial charge in [0.25, 0.3) is 5.91 Å². The average Bonchev–Trinajstić information content (AvgIpc) is 2.80. The summed E-state index contributed by atoms with van der Waals surface area (Å²) in [5.74, 6) is -0.412. The van der Waals surface area contributed by atoms with Crippen molar-refractivity contribution >= 4 is 28.9 Å². The number of benzene rings is 4. The second-order valence-corrected chi connectivity index (χ2v) is 7.52. The van der Waals surface area contributed by atoms with Gasteiger partial charge in [0.2, 0.25) is 0 Å². The Kier molecular flexibility index (Phi) is 6.08. The number of nitrogens with one attached hydrogen (secondary N) is 1. The van der Waals surface area contributed by atoms with Crippen LogP contribution in [-0.4, -0.2) is 18.1 Å². The Morgan fingerprint density at radius 1 is 0.812 bits per heavy atom. The number of hydrogen-bond acceptors (Lipinski definition) is 4. The van der Waals surface area contributed by atoms with Gasteiger partial charge in [-0.15, -0.1) is 0 Å². The van der Waals surface area contributed by atoms with E-state index in [9.17, 15) is 9.59 Å². The maximum absolute atomic E-state index is 12.7. The number of nitrogens with zero attached hydrogens (tertiary/aromatic N) is 1. The van der Waals surface area contributed by atoms with E-state index < -0.39 is 5.97 Å². The number of hydrazone groups is 1. The first-order valence-corrected chi connectivity index (χ1v) is 10.2. The molecule has 1 N–H and O–H groups in total. The third-order valence-corrected chi connectivity index (χ3v) is 5.06. The minimum atomic E-state index is -0.460. The van der Waals surface area contributed by atoms with E-state index in [1.807, 2.05) is 68.4 Å². The molecule has 0 heterocycles. The lowest BCUT2D eigenvalue weighted by molar-refractivity contribution is 0.0734. The van der Waals surface area contributed by atoms with Crippen LogP contribution < -0.4 is 10.2 Å². The maximum atomic E-state index is 12.7. The average molecular weight is 422 g/mol. The van der Waals surface area contributed by atoms with Gasteiger partial charge in [0.05, 0.1) is 11.8 Å². The van der Waals surface area contributed by atoms with Gasteiger partial charge in [-0.1, -0.05) is 65.7 Å². The number of rotatable bonds is 5. The topological polar surface area (TPSA) is 67.8 Å². The van der Waals surface area contributed by atoms with Crippen LogP contribution in [0, 0.1) is 13.8 Å². The van der Waals surface area contributed by atoms with Crippen molar-refractivity contribution < 1.29 is 14.3 Å². The number of amides is 1. The van der Waals surface area contributed by atoms with Crippen molar-refractivity contribution in [1.82, 2.24) is 5.43 Å². The fourth-order valence-corrected chi connectivity index (χ4v) is 3.35. The van der Waals surface area contributed by atoms with Crippen molar-refractivity contribution in [3.63, 3.8) is 0 Å². The zero-order valence-corrected chi connectivity index (χ0v) is 17.8. The Morgan fingerprint density at radius 2 is 1.59 bits per heavy atom. The largest absolute Gasteiger partial charge is 0.422 e. The lowest BCUT2D eigenvalue weighted by Gasteiger charge is -2.11. The van der Waals surface area contributed by atoms with Crippen LogP contribution in [-0.2, 0) is 0 Å². The SMILES string of the molecule is Cc1ccc(C(=O)Oc2ccc3ccccc3c2C=NNC(=O)c2cccc(C)c2)cc1. The van der Waals surface area contributed by atoms with E-state index in [4.69, 9.17) is 4.74 Å². The first-order valence-electron chi connectivity index (χ1n) is 10.2. The fourth-order valence-electron chi connectivity index (χ4n) is 3.35. The first-order chi connectivity index (χ1) is 15.5. The standard InChI is InChI=1S/C27H22N2O3/c1-18-10-12-21(13-11-18)27(31)32-25-15-14-20-7-3-4-9-23(20)24(25)17-28-29-26(30)22-8-5-6-19(2)16-22/h3-17H,1-2H3,(H,29,30). The van der Waals surface area contributed by atoms with Gasteiger partial charge in [0.15, 0.2) is 0 Å². The second-order valence-electron chi connectivity index (χ2n) is 7.52. The van der Waals surface area contributed by atoms with Gasteiger partial charge in [-0.2, -0.15) is 5.10 Å². The second kappa shape index (κ2) is 9.27. The highest BCUT2D eigenvalue weighted by Crippen LogP contribution is 2.27. The summed E-state index contributed by atoms with van der Waals surface area (Å²) in [4.78, 5) is 25.1. The minimum Gasteiger partial charge on any atom is -0.422 e. The quantitative estimate of drug-likeness (QED) is 0.202. The third kappa shape index (κ3) is 4.73. The third-order valence-electron chi connectivity index (χ3n) is 5.06. The molecule has 1 amide bonds. The number of esters is 1. The summed E-state index contributed by atoms with van der Waals surface area (Å²) < 4.78 is 5.69. The summed E-state index contributed by atoms with van der Waals surface area (Å²) in [5.41, 5.74) is 6.18. The first kappa shape index (κ1) is 21.0. The van der Waals surface area contributed by atoms with E-state index >= 15 is 0 Å². The van der Waals surface area contributed by atoms with E-state index in [0.717, 1.165) is 21.9 Å². The van der Waals surface area contributed by atoms with Gasteiger partial charge in [0, 0.05) is 11.1 Å². The Labute approximate surface area is 186 Å². The number of carbonyl (C=O) groups excluding carboxylic acids is 2. The van der Waals surface area contributed by atoms with Crippen LogP contribution in [0.25, 0.3) is 10.8 Å². The molecule has 0 fully saturated rings. The van der Waals surface area contributed by atoms with E-state index in [1.54, 1.807) is 30.3 Å². The van der Waals surface area contributed by atoms with Crippen LogP contribution in [0.2, 0.25) is 0 Å². The summed E-state index contributed by atoms with van der Waals surface area (Å²) in [6.45, 7) is 3.88. The number of hydrogen-bond donors (Lipinski definition) is 1. The Balaban J connectivity index is 1.62. The van der Waals surface area contributed by atoms with Crippen LogP contribution in [0.5, 0.6) is 5.75 Å². The van der Waals surface area contributed by atoms with Crippen LogP contribution in [0.3, 0.4) is 0 Å². The molecule has 158 valence electrons. The van der Waals surface area contributed by atoms with Crippen LogP contribution in [0.1, 0.15) is 37.4 Å². The van der Waals surface area contributed by atoms with Crippen LogP contribution >= 0.6 is 0 Å². The molecule has 0 aliphatic rings. The summed E-state index contributed by atoms with van der Waals surface area (Å²) in [5, 5.41) is 5.96. The Morgan fingerprint density at radius 3 is 2.38 bits per heavy atom. The lowest BCUT2D eigenvalue weighted by atomic mass is 10.0. The van der Waals surface area contributed by atoms with Crippen molar-refractivity contribution in [2.75, 3.05) is 0 Å². The van der Waals surface area contributed by atoms with Crippen molar-refractivity contribution in [2.45, 2.75) is 13.8 Å². The van der Waals surface area contributed by atoms with Gasteiger partial charge in [-0.05, 0) is 55.0 Å². The zero-order valence-electron chi connectivity index (χ0n) is 17.8. The molecular weight excluding hydrogens is 400 g/mol. The molecule has 32 heavy (non-hydrogen) atoms. The molecule has 4 rings (SSSR count). The molecule has 5 nitrogen and oxygen atoms in total. The molecule has 0 atom stereocenters. The monoisotopic (exact) mass is 422 g/mol. The van der Waals surface area contributed by atoms with E-state index in [2.05, 4.69) is 10.5 Å². The lowest BCUT2D eigenvalue weighted by Crippen LogP contribution is -2.18. The van der Waals surface area contributed by atoms with Crippen molar-refractivity contribution in [3.05, 3.63) is 113 Å². The molecule has 0 radical (unpaired) electrons. The van der Waals surface area contributed by atoms with Gasteiger partial charge in [0.1, 0.15) is 5.75 Å². The van der Waals surface area contributed by atoms with Gasteiger partial charge in [-0.25, -0.2) is 10.2 Å². The molecule has 4 aromatic carbocycles. The van der Waals surface area contributed by atoms with Crippen molar-refractivity contribution in [2.24, 2.45) is 5.10 Å². The number of aryl methyl sites for hydroxylation is 2. The molecule has 4 aromatic rings. The van der Waals surface area contributed by atoms with Gasteiger partial charge in [-0.3, -0.25) is 4.79 Å². The normalized spacial score (nSPS) is 10.9. The van der Waals surface area contributed by atoms with E-state index in [1.165, 1.54) is 6.21 Å². The van der Waals surface area contributed by atoms with Gasteiger partial charge >= 0.3 is 5.97 Å². The van der Waals surface area contributed by atoms with E-state index in [-0.39, 0.29) is 5.91 Å². The predicted molar refractivity (Wildman–Crippen MR) is 126 cm³/mol. The molecule has 5 heteroatoms.